The molecule has 1 fully saturated rings. The highest BCUT2D eigenvalue weighted by Crippen LogP contribution is 2.52. The topological polar surface area (TPSA) is 97.1 Å². The second-order valence-electron chi connectivity index (χ2n) is 6.52. The number of nitro benzene ring substituents is 1. The first-order valence-corrected chi connectivity index (χ1v) is 10.1. The maximum Gasteiger partial charge on any atom is 0.387 e. The molecule has 0 N–H and O–H groups in total. The van der Waals surface area contributed by atoms with Gasteiger partial charge < -0.3 is 18.9 Å². The number of rotatable bonds is 5. The fraction of sp³-hybridized carbons (Fsp3) is 0.316. The molecule has 158 valence electrons. The normalized spacial score (nSPS) is 16.5. The van der Waals surface area contributed by atoms with Crippen LogP contribution in [0.5, 0.6) is 23.0 Å². The second-order valence-corrected chi connectivity index (χ2v) is 7.74. The average Bonchev–Trinajstić information content (AvgIpc) is 3.07. The van der Waals surface area contributed by atoms with E-state index in [1.54, 1.807) is 11.8 Å². The molecule has 2 aliphatic heterocycles. The van der Waals surface area contributed by atoms with E-state index in [0.717, 1.165) is 11.5 Å². The lowest BCUT2D eigenvalue weighted by atomic mass is 10.1. The highest BCUT2D eigenvalue weighted by molar-refractivity contribution is 7.99. The number of alkyl halides is 2. The molecule has 0 radical (unpaired) electrons. The van der Waals surface area contributed by atoms with Crippen LogP contribution in [0.2, 0.25) is 0 Å². The molecule has 0 bridgehead atoms. The zero-order valence-corrected chi connectivity index (χ0v) is 16.2. The van der Waals surface area contributed by atoms with Gasteiger partial charge in [-0.1, -0.05) is 0 Å². The van der Waals surface area contributed by atoms with Crippen LogP contribution >= 0.6 is 11.8 Å². The summed E-state index contributed by atoms with van der Waals surface area (Å²) in [4.78, 5) is 22.9. The van der Waals surface area contributed by atoms with Gasteiger partial charge in [0.2, 0.25) is 5.75 Å². The number of halogens is 2. The Kier molecular flexibility index (Phi) is 5.37. The molecule has 2 aromatic rings. The Hall–Kier alpha value is -3.08. The third-order valence-electron chi connectivity index (χ3n) is 4.60. The smallest absolute Gasteiger partial charge is 0.387 e. The summed E-state index contributed by atoms with van der Waals surface area (Å²) in [5, 5.41) is 10.7. The summed E-state index contributed by atoms with van der Waals surface area (Å²) >= 11 is 1.71. The number of benzene rings is 2. The summed E-state index contributed by atoms with van der Waals surface area (Å²) in [5.74, 6) is -0.611. The van der Waals surface area contributed by atoms with Gasteiger partial charge in [-0.15, -0.1) is 0 Å². The summed E-state index contributed by atoms with van der Waals surface area (Å²) in [6.07, 6.45) is 1.02. The highest BCUT2D eigenvalue weighted by atomic mass is 32.2. The van der Waals surface area contributed by atoms with E-state index in [0.29, 0.717) is 12.8 Å². The number of fused-ring (bicyclic) bond motifs is 1. The van der Waals surface area contributed by atoms with Crippen molar-refractivity contribution in [2.75, 3.05) is 11.5 Å². The standard InChI is InChI=1S/C19H15F2NO7S/c20-18(21)27-14-6-5-13(15-16(14)29-19(28-15)7-9-30-10-8-19)17(23)26-12-3-1-11(2-4-12)22(24)25/h1-6,18H,7-10H2. The Bertz CT molecular complexity index is 978. The highest BCUT2D eigenvalue weighted by Gasteiger charge is 2.46. The zero-order chi connectivity index (χ0) is 21.3. The maximum absolute atomic E-state index is 12.8. The van der Waals surface area contributed by atoms with Crippen LogP contribution in [0.3, 0.4) is 0 Å². The summed E-state index contributed by atoms with van der Waals surface area (Å²) in [5.41, 5.74) is -0.182. The first kappa shape index (κ1) is 20.2. The van der Waals surface area contributed by atoms with Crippen LogP contribution < -0.4 is 18.9 Å². The first-order chi connectivity index (χ1) is 14.4. The van der Waals surface area contributed by atoms with Crippen LogP contribution in [-0.4, -0.2) is 34.8 Å². The minimum Gasteiger partial charge on any atom is -0.447 e. The molecule has 30 heavy (non-hydrogen) atoms. The first-order valence-electron chi connectivity index (χ1n) is 8.91. The molecule has 2 aromatic carbocycles. The number of ether oxygens (including phenoxy) is 4. The van der Waals surface area contributed by atoms with Crippen LogP contribution in [0.15, 0.2) is 36.4 Å². The monoisotopic (exact) mass is 439 g/mol. The molecule has 1 spiro atoms. The Morgan fingerprint density at radius 3 is 2.40 bits per heavy atom. The van der Waals surface area contributed by atoms with E-state index in [4.69, 9.17) is 14.2 Å². The predicted molar refractivity (Wildman–Crippen MR) is 102 cm³/mol. The Balaban J connectivity index is 1.63. The quantitative estimate of drug-likeness (QED) is 0.293. The van der Waals surface area contributed by atoms with Crippen molar-refractivity contribution < 1.29 is 37.4 Å². The number of thioether (sulfide) groups is 1. The molecule has 0 saturated carbocycles. The Morgan fingerprint density at radius 1 is 1.10 bits per heavy atom. The van der Waals surface area contributed by atoms with Crippen LogP contribution in [-0.2, 0) is 0 Å². The van der Waals surface area contributed by atoms with E-state index >= 15 is 0 Å². The largest absolute Gasteiger partial charge is 0.447 e. The van der Waals surface area contributed by atoms with Gasteiger partial charge in [-0.25, -0.2) is 4.79 Å². The van der Waals surface area contributed by atoms with Crippen molar-refractivity contribution in [2.45, 2.75) is 25.2 Å². The van der Waals surface area contributed by atoms with Crippen molar-refractivity contribution in [1.29, 1.82) is 0 Å². The zero-order valence-electron chi connectivity index (χ0n) is 15.3. The summed E-state index contributed by atoms with van der Waals surface area (Å²) in [6, 6.07) is 7.40. The van der Waals surface area contributed by atoms with Gasteiger partial charge in [-0.2, -0.15) is 20.5 Å². The van der Waals surface area contributed by atoms with Gasteiger partial charge in [0.15, 0.2) is 11.5 Å². The minimum atomic E-state index is -3.07. The number of carbonyl (C=O) groups is 1. The van der Waals surface area contributed by atoms with Crippen LogP contribution in [0.4, 0.5) is 14.5 Å². The number of carbonyl (C=O) groups excluding carboxylic acids is 1. The fourth-order valence-corrected chi connectivity index (χ4v) is 4.28. The average molecular weight is 439 g/mol. The maximum atomic E-state index is 12.8. The molecule has 4 rings (SSSR count). The number of esters is 1. The van der Waals surface area contributed by atoms with Gasteiger partial charge in [0.05, 0.1) is 4.92 Å². The van der Waals surface area contributed by atoms with Gasteiger partial charge in [0, 0.05) is 36.5 Å². The predicted octanol–water partition coefficient (Wildman–Crippen LogP) is 4.41. The van der Waals surface area contributed by atoms with Crippen LogP contribution in [0.25, 0.3) is 0 Å². The molecular weight excluding hydrogens is 424 g/mol. The van der Waals surface area contributed by atoms with Gasteiger partial charge in [-0.05, 0) is 24.3 Å². The fourth-order valence-electron chi connectivity index (χ4n) is 3.17. The molecule has 0 unspecified atom stereocenters. The molecule has 1 saturated heterocycles. The minimum absolute atomic E-state index is 0.0213. The Morgan fingerprint density at radius 2 is 1.77 bits per heavy atom. The van der Waals surface area contributed by atoms with E-state index in [-0.39, 0.29) is 34.2 Å². The van der Waals surface area contributed by atoms with Gasteiger partial charge >= 0.3 is 12.6 Å². The second kappa shape index (κ2) is 7.98. The van der Waals surface area contributed by atoms with Crippen molar-refractivity contribution in [1.82, 2.24) is 0 Å². The molecule has 0 aliphatic carbocycles. The lowest BCUT2D eigenvalue weighted by Gasteiger charge is -2.31. The molecule has 0 amide bonds. The number of hydrogen-bond donors (Lipinski definition) is 0. The summed E-state index contributed by atoms with van der Waals surface area (Å²) < 4.78 is 47.2. The van der Waals surface area contributed by atoms with Crippen molar-refractivity contribution in [2.24, 2.45) is 0 Å². The number of non-ortho nitro benzene ring substituents is 1. The number of nitrogens with zero attached hydrogens (tertiary/aromatic N) is 1. The molecule has 11 heteroatoms. The van der Waals surface area contributed by atoms with E-state index in [9.17, 15) is 23.7 Å². The van der Waals surface area contributed by atoms with Crippen LogP contribution in [0, 0.1) is 10.1 Å². The van der Waals surface area contributed by atoms with E-state index in [1.807, 2.05) is 0 Å². The molecule has 2 heterocycles. The lowest BCUT2D eigenvalue weighted by molar-refractivity contribution is -0.384. The van der Waals surface area contributed by atoms with Crippen molar-refractivity contribution in [3.05, 3.63) is 52.1 Å². The molecule has 0 aromatic heterocycles. The van der Waals surface area contributed by atoms with E-state index in [2.05, 4.69) is 4.74 Å². The summed E-state index contributed by atoms with van der Waals surface area (Å²) in [7, 11) is 0. The molecule has 0 atom stereocenters. The molecular formula is C19H15F2NO7S. The van der Waals surface area contributed by atoms with Crippen molar-refractivity contribution in [3.63, 3.8) is 0 Å². The third kappa shape index (κ3) is 3.97. The number of hydrogen-bond acceptors (Lipinski definition) is 8. The van der Waals surface area contributed by atoms with Gasteiger partial charge in [0.25, 0.3) is 11.5 Å². The lowest BCUT2D eigenvalue weighted by Crippen LogP contribution is -2.42. The number of nitro groups is 1. The Labute approximate surface area is 173 Å². The van der Waals surface area contributed by atoms with E-state index < -0.39 is 23.3 Å². The molecule has 8 nitrogen and oxygen atoms in total. The van der Waals surface area contributed by atoms with Crippen molar-refractivity contribution in [3.8, 4) is 23.0 Å². The van der Waals surface area contributed by atoms with Gasteiger partial charge in [-0.3, -0.25) is 10.1 Å². The van der Waals surface area contributed by atoms with E-state index in [1.165, 1.54) is 36.4 Å². The van der Waals surface area contributed by atoms with Gasteiger partial charge in [0.1, 0.15) is 11.3 Å². The third-order valence-corrected chi connectivity index (χ3v) is 5.59. The SMILES string of the molecule is O=C(Oc1ccc([N+](=O)[O-])cc1)c1ccc(OC(F)F)c2c1OC1(CCSCC1)O2. The van der Waals surface area contributed by atoms with Crippen molar-refractivity contribution >= 4 is 23.4 Å². The van der Waals surface area contributed by atoms with Crippen LogP contribution in [0.1, 0.15) is 23.2 Å². The summed E-state index contributed by atoms with van der Waals surface area (Å²) in [6.45, 7) is -3.07. The molecule has 2 aliphatic rings.